The summed E-state index contributed by atoms with van der Waals surface area (Å²) in [5, 5.41) is 7.28. The molecule has 3 nitrogen and oxygen atoms in total. The highest BCUT2D eigenvalue weighted by atomic mass is 35.5. The number of nitrogens with one attached hydrogen (secondary N) is 2. The molecule has 1 aliphatic rings. The van der Waals surface area contributed by atoms with E-state index in [1.807, 2.05) is 19.1 Å². The van der Waals surface area contributed by atoms with E-state index in [1.54, 1.807) is 19.1 Å². The first-order valence-electron chi connectivity index (χ1n) is 5.53. The lowest BCUT2D eigenvalue weighted by atomic mass is 9.93. The fourth-order valence-electron chi connectivity index (χ4n) is 2.07. The molecule has 0 saturated carbocycles. The maximum absolute atomic E-state index is 11.8. The van der Waals surface area contributed by atoms with E-state index >= 15 is 0 Å². The summed E-state index contributed by atoms with van der Waals surface area (Å²) >= 11 is 11.0. The summed E-state index contributed by atoms with van der Waals surface area (Å²) in [6.45, 7) is 3.41. The fourth-order valence-corrected chi connectivity index (χ4v) is 2.46. The monoisotopic (exact) mass is 280 g/mol. The van der Waals surface area contributed by atoms with Gasteiger partial charge in [0.2, 0.25) is 0 Å². The number of carbonyl (C=O) groups is 1. The van der Waals surface area contributed by atoms with E-state index in [0.717, 1.165) is 11.3 Å². The van der Waals surface area contributed by atoms with Gasteiger partial charge in [-0.15, -0.1) is 0 Å². The van der Waals surface area contributed by atoms with Crippen LogP contribution in [-0.4, -0.2) is 10.9 Å². The highest BCUT2D eigenvalue weighted by molar-refractivity contribution is 7.80. The van der Waals surface area contributed by atoms with Gasteiger partial charge in [0, 0.05) is 16.3 Å². The second-order valence-corrected chi connectivity index (χ2v) is 5.02. The van der Waals surface area contributed by atoms with Crippen LogP contribution < -0.4 is 10.6 Å². The topological polar surface area (TPSA) is 41.1 Å². The number of hydrogen-bond donors (Lipinski definition) is 2. The zero-order valence-electron chi connectivity index (χ0n) is 10.1. The average Bonchev–Trinajstić information content (AvgIpc) is 2.28. The Balaban J connectivity index is 2.46. The van der Waals surface area contributed by atoms with E-state index in [1.165, 1.54) is 0 Å². The number of hydrogen-bond acceptors (Lipinski definition) is 2. The summed E-state index contributed by atoms with van der Waals surface area (Å²) in [7, 11) is 0. The summed E-state index contributed by atoms with van der Waals surface area (Å²) in [5.41, 5.74) is 2.46. The molecular weight excluding hydrogens is 268 g/mol. The highest BCUT2D eigenvalue weighted by Gasteiger charge is 2.27. The van der Waals surface area contributed by atoms with Gasteiger partial charge >= 0.3 is 0 Å². The van der Waals surface area contributed by atoms with Crippen molar-refractivity contribution in [3.63, 3.8) is 0 Å². The molecule has 1 aromatic carbocycles. The molecule has 0 saturated heterocycles. The predicted octanol–water partition coefficient (Wildman–Crippen LogP) is 2.72. The molecule has 0 amide bonds. The first-order valence-corrected chi connectivity index (χ1v) is 6.32. The Labute approximate surface area is 116 Å². The van der Waals surface area contributed by atoms with Crippen molar-refractivity contribution in [3.05, 3.63) is 46.1 Å². The molecule has 1 atom stereocenters. The van der Waals surface area contributed by atoms with Gasteiger partial charge in [0.05, 0.1) is 6.04 Å². The number of rotatable bonds is 2. The first kappa shape index (κ1) is 13.1. The van der Waals surface area contributed by atoms with Crippen molar-refractivity contribution in [1.29, 1.82) is 0 Å². The van der Waals surface area contributed by atoms with Crippen molar-refractivity contribution < 1.29 is 4.79 Å². The van der Waals surface area contributed by atoms with Gasteiger partial charge in [-0.05, 0) is 43.8 Å². The van der Waals surface area contributed by atoms with E-state index in [4.69, 9.17) is 23.8 Å². The molecule has 0 spiro atoms. The highest BCUT2D eigenvalue weighted by Crippen LogP contribution is 2.27. The van der Waals surface area contributed by atoms with Crippen LogP contribution in [0.2, 0.25) is 5.02 Å². The van der Waals surface area contributed by atoms with Crippen LogP contribution >= 0.6 is 23.8 Å². The predicted molar refractivity (Wildman–Crippen MR) is 76.4 cm³/mol. The molecule has 0 aliphatic carbocycles. The van der Waals surface area contributed by atoms with Crippen LogP contribution in [0, 0.1) is 0 Å². The van der Waals surface area contributed by atoms with Gasteiger partial charge in [-0.2, -0.15) is 0 Å². The van der Waals surface area contributed by atoms with Gasteiger partial charge in [-0.3, -0.25) is 4.79 Å². The van der Waals surface area contributed by atoms with Gasteiger partial charge in [0.15, 0.2) is 10.9 Å². The van der Waals surface area contributed by atoms with Crippen LogP contribution in [0.15, 0.2) is 35.5 Å². The molecule has 94 valence electrons. The van der Waals surface area contributed by atoms with Crippen molar-refractivity contribution in [3.8, 4) is 0 Å². The number of Topliss-reactive ketones (excluding diaryl/α,β-unsaturated/α-hetero) is 1. The fraction of sp³-hybridized carbons (Fsp3) is 0.231. The van der Waals surface area contributed by atoms with E-state index in [9.17, 15) is 4.79 Å². The molecule has 2 rings (SSSR count). The van der Waals surface area contributed by atoms with Crippen LogP contribution in [0.5, 0.6) is 0 Å². The summed E-state index contributed by atoms with van der Waals surface area (Å²) < 4.78 is 0. The third-order valence-electron chi connectivity index (χ3n) is 2.85. The Kier molecular flexibility index (Phi) is 3.68. The van der Waals surface area contributed by atoms with Crippen molar-refractivity contribution >= 4 is 34.7 Å². The Hall–Kier alpha value is -1.39. The Morgan fingerprint density at radius 2 is 1.94 bits per heavy atom. The van der Waals surface area contributed by atoms with Gasteiger partial charge in [-0.1, -0.05) is 23.7 Å². The maximum Gasteiger partial charge on any atom is 0.171 e. The van der Waals surface area contributed by atoms with E-state index in [-0.39, 0.29) is 11.8 Å². The van der Waals surface area contributed by atoms with E-state index in [2.05, 4.69) is 10.6 Å². The lowest BCUT2D eigenvalue weighted by molar-refractivity contribution is -0.114. The minimum atomic E-state index is -0.214. The average molecular weight is 281 g/mol. The minimum Gasteiger partial charge on any atom is -0.351 e. The largest absolute Gasteiger partial charge is 0.351 e. The smallest absolute Gasteiger partial charge is 0.171 e. The van der Waals surface area contributed by atoms with Crippen LogP contribution in [0.25, 0.3) is 0 Å². The molecule has 1 heterocycles. The van der Waals surface area contributed by atoms with Crippen LogP contribution in [0.1, 0.15) is 25.5 Å². The van der Waals surface area contributed by atoms with Crippen molar-refractivity contribution in [2.24, 2.45) is 0 Å². The van der Waals surface area contributed by atoms with Gasteiger partial charge in [-0.25, -0.2) is 0 Å². The summed E-state index contributed by atoms with van der Waals surface area (Å²) in [5.74, 6) is 0.0231. The SMILES string of the molecule is CC(=O)C1=C(C)NC(=S)NC1c1ccc(Cl)cc1. The number of benzene rings is 1. The number of carbonyl (C=O) groups excluding carboxylic acids is 1. The molecule has 0 bridgehead atoms. The van der Waals surface area contributed by atoms with Gasteiger partial charge in [0.1, 0.15) is 0 Å². The minimum absolute atomic E-state index is 0.0231. The summed E-state index contributed by atoms with van der Waals surface area (Å²) in [6.07, 6.45) is 0. The molecule has 2 N–H and O–H groups in total. The van der Waals surface area contributed by atoms with E-state index in [0.29, 0.717) is 15.7 Å². The lowest BCUT2D eigenvalue weighted by Crippen LogP contribution is -2.44. The Morgan fingerprint density at radius 3 is 2.50 bits per heavy atom. The van der Waals surface area contributed by atoms with E-state index < -0.39 is 0 Å². The standard InChI is InChI=1S/C13H13ClN2OS/c1-7-11(8(2)17)12(16-13(18)15-7)9-3-5-10(14)6-4-9/h3-6,12H,1-2H3,(H2,15,16,18). The summed E-state index contributed by atoms with van der Waals surface area (Å²) in [6, 6.07) is 7.18. The second kappa shape index (κ2) is 5.08. The number of ketones is 1. The normalized spacial score (nSPS) is 19.3. The Morgan fingerprint density at radius 1 is 1.33 bits per heavy atom. The second-order valence-electron chi connectivity index (χ2n) is 4.18. The lowest BCUT2D eigenvalue weighted by Gasteiger charge is -2.29. The zero-order chi connectivity index (χ0) is 13.3. The third kappa shape index (κ3) is 2.54. The van der Waals surface area contributed by atoms with Crippen LogP contribution in [0.3, 0.4) is 0 Å². The molecule has 5 heteroatoms. The maximum atomic E-state index is 11.8. The van der Waals surface area contributed by atoms with Gasteiger partial charge < -0.3 is 10.6 Å². The number of thiocarbonyl (C=S) groups is 1. The molecule has 0 radical (unpaired) electrons. The number of allylic oxidation sites excluding steroid dienone is 1. The van der Waals surface area contributed by atoms with Crippen LogP contribution in [0.4, 0.5) is 0 Å². The zero-order valence-corrected chi connectivity index (χ0v) is 11.7. The molecule has 1 aliphatic heterocycles. The van der Waals surface area contributed by atoms with Crippen LogP contribution in [-0.2, 0) is 4.79 Å². The first-order chi connectivity index (χ1) is 8.49. The Bertz CT molecular complexity index is 536. The quantitative estimate of drug-likeness (QED) is 0.818. The third-order valence-corrected chi connectivity index (χ3v) is 3.32. The molecule has 0 aromatic heterocycles. The molecular formula is C13H13ClN2OS. The number of halogens is 1. The van der Waals surface area contributed by atoms with Crippen molar-refractivity contribution in [1.82, 2.24) is 10.6 Å². The molecule has 1 aromatic rings. The molecule has 0 fully saturated rings. The van der Waals surface area contributed by atoms with Crippen molar-refractivity contribution in [2.45, 2.75) is 19.9 Å². The summed E-state index contributed by atoms with van der Waals surface area (Å²) in [4.78, 5) is 11.8. The molecule has 1 unspecified atom stereocenters. The van der Waals surface area contributed by atoms with Gasteiger partial charge in [0.25, 0.3) is 0 Å². The van der Waals surface area contributed by atoms with Crippen molar-refractivity contribution in [2.75, 3.05) is 0 Å². The molecule has 18 heavy (non-hydrogen) atoms.